The van der Waals surface area contributed by atoms with Crippen LogP contribution in [0, 0.1) is 0 Å². The van der Waals surface area contributed by atoms with Gasteiger partial charge in [-0.2, -0.15) is 0 Å². The lowest BCUT2D eigenvalue weighted by molar-refractivity contribution is -0.141. The van der Waals surface area contributed by atoms with E-state index in [4.69, 9.17) is 4.74 Å². The smallest absolute Gasteiger partial charge is 0.306 e. The van der Waals surface area contributed by atoms with E-state index in [0.29, 0.717) is 6.42 Å². The highest BCUT2D eigenvalue weighted by atomic mass is 16.5. The van der Waals surface area contributed by atoms with Gasteiger partial charge in [-0.15, -0.1) is 0 Å². The standard InChI is InChI=1S/C12H14O3/c1-2-11-10(7-12(14)15-11)8-3-5-9(13)6-4-8/h3-6,10-11,13H,2,7H2,1H3. The van der Waals surface area contributed by atoms with Crippen molar-refractivity contribution in [2.45, 2.75) is 31.8 Å². The van der Waals surface area contributed by atoms with E-state index in [1.165, 1.54) is 0 Å². The lowest BCUT2D eigenvalue weighted by atomic mass is 9.91. The highest BCUT2D eigenvalue weighted by molar-refractivity contribution is 5.73. The van der Waals surface area contributed by atoms with Crippen LogP contribution >= 0.6 is 0 Å². The van der Waals surface area contributed by atoms with E-state index in [1.807, 2.05) is 19.1 Å². The maximum Gasteiger partial charge on any atom is 0.306 e. The monoisotopic (exact) mass is 206 g/mol. The van der Waals surface area contributed by atoms with Gasteiger partial charge in [0.1, 0.15) is 11.9 Å². The zero-order valence-corrected chi connectivity index (χ0v) is 8.64. The number of cyclic esters (lactones) is 1. The molecule has 0 amide bonds. The first-order chi connectivity index (χ1) is 7.20. The van der Waals surface area contributed by atoms with Gasteiger partial charge in [-0.3, -0.25) is 4.79 Å². The number of phenolic OH excluding ortho intramolecular Hbond substituents is 1. The van der Waals surface area contributed by atoms with Gasteiger partial charge in [0, 0.05) is 5.92 Å². The summed E-state index contributed by atoms with van der Waals surface area (Å²) in [6.07, 6.45) is 1.27. The lowest BCUT2D eigenvalue weighted by Gasteiger charge is -2.15. The van der Waals surface area contributed by atoms with Crippen molar-refractivity contribution in [3.05, 3.63) is 29.8 Å². The third-order valence-electron chi connectivity index (χ3n) is 2.84. The van der Waals surface area contributed by atoms with Crippen molar-refractivity contribution in [3.63, 3.8) is 0 Å². The molecule has 1 aromatic carbocycles. The summed E-state index contributed by atoms with van der Waals surface area (Å²) in [5.41, 5.74) is 1.06. The van der Waals surface area contributed by atoms with Crippen molar-refractivity contribution in [2.75, 3.05) is 0 Å². The number of hydrogen-bond donors (Lipinski definition) is 1. The van der Waals surface area contributed by atoms with Crippen LogP contribution in [0.25, 0.3) is 0 Å². The van der Waals surface area contributed by atoms with Gasteiger partial charge in [0.05, 0.1) is 6.42 Å². The van der Waals surface area contributed by atoms with E-state index in [9.17, 15) is 9.90 Å². The van der Waals surface area contributed by atoms with Gasteiger partial charge in [0.15, 0.2) is 0 Å². The van der Waals surface area contributed by atoms with Gasteiger partial charge >= 0.3 is 5.97 Å². The van der Waals surface area contributed by atoms with Crippen LogP contribution < -0.4 is 0 Å². The van der Waals surface area contributed by atoms with Crippen LogP contribution in [0.2, 0.25) is 0 Å². The maximum absolute atomic E-state index is 11.2. The topological polar surface area (TPSA) is 46.5 Å². The Morgan fingerprint density at radius 3 is 2.67 bits per heavy atom. The molecule has 1 aliphatic heterocycles. The van der Waals surface area contributed by atoms with Crippen molar-refractivity contribution in [1.82, 2.24) is 0 Å². The molecule has 0 radical (unpaired) electrons. The molecule has 2 atom stereocenters. The molecule has 1 heterocycles. The van der Waals surface area contributed by atoms with Crippen LogP contribution in [0.15, 0.2) is 24.3 Å². The Kier molecular flexibility index (Phi) is 2.62. The Hall–Kier alpha value is -1.51. The number of ether oxygens (including phenoxy) is 1. The fourth-order valence-corrected chi connectivity index (χ4v) is 2.03. The van der Waals surface area contributed by atoms with Gasteiger partial charge in [-0.25, -0.2) is 0 Å². The molecule has 0 spiro atoms. The minimum Gasteiger partial charge on any atom is -0.508 e. The molecule has 1 saturated heterocycles. The quantitative estimate of drug-likeness (QED) is 0.754. The molecule has 3 heteroatoms. The highest BCUT2D eigenvalue weighted by Gasteiger charge is 2.34. The number of esters is 1. The predicted octanol–water partition coefficient (Wildman–Crippen LogP) is 2.20. The molecule has 2 unspecified atom stereocenters. The summed E-state index contributed by atoms with van der Waals surface area (Å²) >= 11 is 0. The second kappa shape index (κ2) is 3.93. The molecule has 80 valence electrons. The third kappa shape index (κ3) is 1.96. The van der Waals surface area contributed by atoms with E-state index in [0.717, 1.165) is 12.0 Å². The minimum atomic E-state index is -0.125. The Labute approximate surface area is 88.7 Å². The summed E-state index contributed by atoms with van der Waals surface area (Å²) in [6.45, 7) is 2.01. The summed E-state index contributed by atoms with van der Waals surface area (Å²) in [6, 6.07) is 6.99. The first-order valence-electron chi connectivity index (χ1n) is 5.19. The van der Waals surface area contributed by atoms with Crippen molar-refractivity contribution in [2.24, 2.45) is 0 Å². The summed E-state index contributed by atoms with van der Waals surface area (Å²) in [5.74, 6) is 0.264. The van der Waals surface area contributed by atoms with Crippen LogP contribution in [0.5, 0.6) is 5.75 Å². The molecular formula is C12H14O3. The summed E-state index contributed by atoms with van der Waals surface area (Å²) in [5, 5.41) is 9.18. The Balaban J connectivity index is 2.22. The van der Waals surface area contributed by atoms with Gasteiger partial charge in [-0.1, -0.05) is 19.1 Å². The Morgan fingerprint density at radius 2 is 2.07 bits per heavy atom. The average Bonchev–Trinajstić information content (AvgIpc) is 2.61. The fraction of sp³-hybridized carbons (Fsp3) is 0.417. The first-order valence-corrected chi connectivity index (χ1v) is 5.19. The summed E-state index contributed by atoms with van der Waals surface area (Å²) in [4.78, 5) is 11.2. The SMILES string of the molecule is CCC1OC(=O)CC1c1ccc(O)cc1. The van der Waals surface area contributed by atoms with Crippen LogP contribution in [-0.2, 0) is 9.53 Å². The second-order valence-electron chi connectivity index (χ2n) is 3.84. The van der Waals surface area contributed by atoms with E-state index in [2.05, 4.69) is 0 Å². The number of phenols is 1. The minimum absolute atomic E-state index is 0.0120. The largest absolute Gasteiger partial charge is 0.508 e. The molecule has 0 aliphatic carbocycles. The van der Waals surface area contributed by atoms with Gasteiger partial charge in [-0.05, 0) is 24.1 Å². The molecule has 1 N–H and O–H groups in total. The predicted molar refractivity (Wildman–Crippen MR) is 55.6 cm³/mol. The van der Waals surface area contributed by atoms with Crippen LogP contribution in [0.3, 0.4) is 0 Å². The zero-order valence-electron chi connectivity index (χ0n) is 8.64. The third-order valence-corrected chi connectivity index (χ3v) is 2.84. The number of rotatable bonds is 2. The molecule has 2 rings (SSSR count). The number of carbonyl (C=O) groups is 1. The van der Waals surface area contributed by atoms with E-state index >= 15 is 0 Å². The number of carbonyl (C=O) groups excluding carboxylic acids is 1. The first kappa shape index (κ1) is 10.0. The number of benzene rings is 1. The van der Waals surface area contributed by atoms with Crippen molar-refractivity contribution >= 4 is 5.97 Å². The van der Waals surface area contributed by atoms with E-state index < -0.39 is 0 Å². The van der Waals surface area contributed by atoms with E-state index in [-0.39, 0.29) is 23.7 Å². The average molecular weight is 206 g/mol. The van der Waals surface area contributed by atoms with Crippen molar-refractivity contribution < 1.29 is 14.6 Å². The zero-order chi connectivity index (χ0) is 10.8. The summed E-state index contributed by atoms with van der Waals surface area (Å²) in [7, 11) is 0. The van der Waals surface area contributed by atoms with Crippen LogP contribution in [-0.4, -0.2) is 17.2 Å². The molecule has 0 saturated carbocycles. The van der Waals surface area contributed by atoms with Crippen molar-refractivity contribution in [3.8, 4) is 5.75 Å². The number of hydrogen-bond acceptors (Lipinski definition) is 3. The van der Waals surface area contributed by atoms with E-state index in [1.54, 1.807) is 12.1 Å². The molecular weight excluding hydrogens is 192 g/mol. The second-order valence-corrected chi connectivity index (χ2v) is 3.84. The van der Waals surface area contributed by atoms with Crippen LogP contribution in [0.4, 0.5) is 0 Å². The summed E-state index contributed by atoms with van der Waals surface area (Å²) < 4.78 is 5.21. The van der Waals surface area contributed by atoms with Gasteiger partial charge in [0.2, 0.25) is 0 Å². The fourth-order valence-electron chi connectivity index (χ4n) is 2.03. The lowest BCUT2D eigenvalue weighted by Crippen LogP contribution is -2.12. The van der Waals surface area contributed by atoms with Gasteiger partial charge in [0.25, 0.3) is 0 Å². The Bertz CT molecular complexity index is 356. The molecule has 15 heavy (non-hydrogen) atoms. The van der Waals surface area contributed by atoms with Crippen molar-refractivity contribution in [1.29, 1.82) is 0 Å². The van der Waals surface area contributed by atoms with Gasteiger partial charge < -0.3 is 9.84 Å². The normalized spacial score (nSPS) is 25.3. The molecule has 1 aromatic rings. The van der Waals surface area contributed by atoms with Crippen LogP contribution in [0.1, 0.15) is 31.2 Å². The maximum atomic E-state index is 11.2. The molecule has 1 aliphatic rings. The highest BCUT2D eigenvalue weighted by Crippen LogP contribution is 2.34. The molecule has 0 aromatic heterocycles. The molecule has 1 fully saturated rings. The number of aromatic hydroxyl groups is 1. The molecule has 3 nitrogen and oxygen atoms in total. The molecule has 0 bridgehead atoms. The Morgan fingerprint density at radius 1 is 1.40 bits per heavy atom.